The Hall–Kier alpha value is -2.37. The maximum atomic E-state index is 11.5. The number of carbonyl (C=O) groups is 1. The minimum atomic E-state index is -1.10. The van der Waals surface area contributed by atoms with Crippen LogP contribution < -0.4 is 5.56 Å². The maximum Gasteiger partial charge on any atom is 0.338 e. The Labute approximate surface area is 90.2 Å². The molecule has 0 radical (unpaired) electrons. The van der Waals surface area contributed by atoms with Crippen LogP contribution in [0.15, 0.2) is 29.3 Å². The van der Waals surface area contributed by atoms with E-state index in [1.165, 1.54) is 24.5 Å². The van der Waals surface area contributed by atoms with Crippen molar-refractivity contribution in [3.8, 4) is 5.69 Å². The van der Waals surface area contributed by atoms with Gasteiger partial charge in [0.1, 0.15) is 5.69 Å². The first-order chi connectivity index (χ1) is 7.61. The number of carboxylic acids is 1. The number of aromatic carboxylic acids is 1. The lowest BCUT2D eigenvalue weighted by molar-refractivity contribution is 0.0696. The number of pyridine rings is 1. The SMILES string of the molecule is Cc1nccc(C(=O)O)c1-n1[nH]ccc1=O. The van der Waals surface area contributed by atoms with Crippen LogP contribution in [0.3, 0.4) is 0 Å². The van der Waals surface area contributed by atoms with Gasteiger partial charge in [0.15, 0.2) is 0 Å². The summed E-state index contributed by atoms with van der Waals surface area (Å²) in [4.78, 5) is 26.5. The van der Waals surface area contributed by atoms with E-state index in [9.17, 15) is 9.59 Å². The lowest BCUT2D eigenvalue weighted by Crippen LogP contribution is -2.19. The third kappa shape index (κ3) is 1.50. The van der Waals surface area contributed by atoms with Gasteiger partial charge in [-0.1, -0.05) is 0 Å². The number of nitrogens with zero attached hydrogens (tertiary/aromatic N) is 2. The minimum Gasteiger partial charge on any atom is -0.478 e. The van der Waals surface area contributed by atoms with Gasteiger partial charge < -0.3 is 5.11 Å². The highest BCUT2D eigenvalue weighted by molar-refractivity contribution is 5.92. The standard InChI is InChI=1S/C10H9N3O3/c1-6-9(13-8(14)3-5-12-13)7(10(15)16)2-4-11-6/h2-5,12H,1H3,(H,15,16). The summed E-state index contributed by atoms with van der Waals surface area (Å²) in [6.07, 6.45) is 2.84. The molecule has 6 heteroatoms. The molecule has 0 spiro atoms. The number of nitrogens with one attached hydrogen (secondary N) is 1. The van der Waals surface area contributed by atoms with Crippen LogP contribution in [0.5, 0.6) is 0 Å². The quantitative estimate of drug-likeness (QED) is 0.772. The van der Waals surface area contributed by atoms with E-state index >= 15 is 0 Å². The first kappa shape index (κ1) is 10.2. The van der Waals surface area contributed by atoms with Crippen LogP contribution in [0.4, 0.5) is 0 Å². The highest BCUT2D eigenvalue weighted by Gasteiger charge is 2.15. The molecular weight excluding hydrogens is 210 g/mol. The molecule has 0 aliphatic carbocycles. The molecule has 0 saturated heterocycles. The number of aromatic nitrogens is 3. The average molecular weight is 219 g/mol. The van der Waals surface area contributed by atoms with Gasteiger partial charge >= 0.3 is 5.97 Å². The van der Waals surface area contributed by atoms with Crippen LogP contribution in [0, 0.1) is 6.92 Å². The smallest absolute Gasteiger partial charge is 0.338 e. The van der Waals surface area contributed by atoms with Crippen LogP contribution in [0.1, 0.15) is 16.1 Å². The first-order valence-corrected chi connectivity index (χ1v) is 4.57. The van der Waals surface area contributed by atoms with Crippen LogP contribution in [0.2, 0.25) is 0 Å². The van der Waals surface area contributed by atoms with Crippen molar-refractivity contribution in [2.75, 3.05) is 0 Å². The lowest BCUT2D eigenvalue weighted by atomic mass is 10.2. The molecular formula is C10H9N3O3. The fourth-order valence-corrected chi connectivity index (χ4v) is 1.51. The predicted molar refractivity (Wildman–Crippen MR) is 55.9 cm³/mol. The summed E-state index contributed by atoms with van der Waals surface area (Å²) in [5, 5.41) is 11.7. The van der Waals surface area contributed by atoms with E-state index in [2.05, 4.69) is 10.1 Å². The van der Waals surface area contributed by atoms with Crippen molar-refractivity contribution >= 4 is 5.97 Å². The fraction of sp³-hybridized carbons (Fsp3) is 0.100. The molecule has 0 fully saturated rings. The van der Waals surface area contributed by atoms with Gasteiger partial charge in [-0.3, -0.25) is 14.9 Å². The number of aromatic amines is 1. The van der Waals surface area contributed by atoms with Crippen LogP contribution in [-0.2, 0) is 0 Å². The van der Waals surface area contributed by atoms with Gasteiger partial charge in [-0.05, 0) is 13.0 Å². The van der Waals surface area contributed by atoms with E-state index in [1.54, 1.807) is 6.92 Å². The predicted octanol–water partition coefficient (Wildman–Crippen LogP) is 0.567. The van der Waals surface area contributed by atoms with Gasteiger partial charge in [0.2, 0.25) is 0 Å². The number of hydrogen-bond acceptors (Lipinski definition) is 3. The third-order valence-corrected chi connectivity index (χ3v) is 2.21. The number of H-pyrrole nitrogens is 1. The molecule has 2 aromatic heterocycles. The second kappa shape index (κ2) is 3.65. The summed E-state index contributed by atoms with van der Waals surface area (Å²) in [6, 6.07) is 2.68. The summed E-state index contributed by atoms with van der Waals surface area (Å²) >= 11 is 0. The fourth-order valence-electron chi connectivity index (χ4n) is 1.51. The van der Waals surface area contributed by atoms with Crippen LogP contribution in [-0.4, -0.2) is 25.8 Å². The molecule has 6 nitrogen and oxygen atoms in total. The summed E-state index contributed by atoms with van der Waals surface area (Å²) < 4.78 is 1.16. The van der Waals surface area contributed by atoms with Gasteiger partial charge in [-0.2, -0.15) is 0 Å². The van der Waals surface area contributed by atoms with Crippen molar-refractivity contribution in [2.45, 2.75) is 6.92 Å². The largest absolute Gasteiger partial charge is 0.478 e. The second-order valence-corrected chi connectivity index (χ2v) is 3.23. The van der Waals surface area contributed by atoms with Gasteiger partial charge in [0.05, 0.1) is 11.3 Å². The molecule has 2 aromatic rings. The Morgan fingerprint density at radius 3 is 2.81 bits per heavy atom. The van der Waals surface area contributed by atoms with Crippen molar-refractivity contribution in [2.24, 2.45) is 0 Å². The summed E-state index contributed by atoms with van der Waals surface area (Å²) in [7, 11) is 0. The van der Waals surface area contributed by atoms with Gasteiger partial charge in [-0.25, -0.2) is 9.48 Å². The zero-order valence-corrected chi connectivity index (χ0v) is 8.47. The van der Waals surface area contributed by atoms with E-state index in [-0.39, 0.29) is 16.8 Å². The zero-order valence-electron chi connectivity index (χ0n) is 8.47. The monoisotopic (exact) mass is 219 g/mol. The molecule has 0 aromatic carbocycles. The maximum absolute atomic E-state index is 11.5. The second-order valence-electron chi connectivity index (χ2n) is 3.23. The van der Waals surface area contributed by atoms with E-state index in [0.29, 0.717) is 5.69 Å². The highest BCUT2D eigenvalue weighted by atomic mass is 16.4. The molecule has 0 bridgehead atoms. The Morgan fingerprint density at radius 2 is 2.25 bits per heavy atom. The Morgan fingerprint density at radius 1 is 1.50 bits per heavy atom. The van der Waals surface area contributed by atoms with Gasteiger partial charge in [0, 0.05) is 18.5 Å². The van der Waals surface area contributed by atoms with Crippen molar-refractivity contribution in [3.05, 3.63) is 46.1 Å². The van der Waals surface area contributed by atoms with Crippen molar-refractivity contribution < 1.29 is 9.90 Å². The molecule has 0 aliphatic heterocycles. The number of aryl methyl sites for hydroxylation is 1. The van der Waals surface area contributed by atoms with Crippen LogP contribution >= 0.6 is 0 Å². The summed E-state index contributed by atoms with van der Waals surface area (Å²) in [5.41, 5.74) is 0.463. The Kier molecular flexibility index (Phi) is 2.32. The van der Waals surface area contributed by atoms with Gasteiger partial charge in [-0.15, -0.1) is 0 Å². The molecule has 82 valence electrons. The van der Waals surface area contributed by atoms with Crippen LogP contribution in [0.25, 0.3) is 5.69 Å². The molecule has 0 unspecified atom stereocenters. The van der Waals surface area contributed by atoms with Crippen molar-refractivity contribution in [1.82, 2.24) is 14.8 Å². The van der Waals surface area contributed by atoms with E-state index < -0.39 is 5.97 Å². The van der Waals surface area contributed by atoms with Crippen molar-refractivity contribution in [1.29, 1.82) is 0 Å². The minimum absolute atomic E-state index is 0.0389. The molecule has 0 aliphatic rings. The zero-order chi connectivity index (χ0) is 11.7. The molecule has 2 N–H and O–H groups in total. The van der Waals surface area contributed by atoms with E-state index in [0.717, 1.165) is 4.68 Å². The van der Waals surface area contributed by atoms with Crippen molar-refractivity contribution in [3.63, 3.8) is 0 Å². The molecule has 0 saturated carbocycles. The Balaban J connectivity index is 2.78. The summed E-state index contributed by atoms with van der Waals surface area (Å²) in [6.45, 7) is 1.65. The van der Waals surface area contributed by atoms with Gasteiger partial charge in [0.25, 0.3) is 5.56 Å². The highest BCUT2D eigenvalue weighted by Crippen LogP contribution is 2.14. The average Bonchev–Trinajstić information content (AvgIpc) is 2.64. The number of rotatable bonds is 2. The Bertz CT molecular complexity index is 597. The summed E-state index contributed by atoms with van der Waals surface area (Å²) in [5.74, 6) is -1.10. The molecule has 0 amide bonds. The molecule has 2 heterocycles. The molecule has 16 heavy (non-hydrogen) atoms. The molecule has 0 atom stereocenters. The van der Waals surface area contributed by atoms with E-state index in [4.69, 9.17) is 5.11 Å². The normalized spacial score (nSPS) is 10.3. The number of carboxylic acid groups (broad SMARTS) is 1. The lowest BCUT2D eigenvalue weighted by Gasteiger charge is -2.08. The third-order valence-electron chi connectivity index (χ3n) is 2.21. The molecule has 2 rings (SSSR count). The first-order valence-electron chi connectivity index (χ1n) is 4.57. The van der Waals surface area contributed by atoms with E-state index in [1.807, 2.05) is 0 Å². The topological polar surface area (TPSA) is 88.0 Å². The number of hydrogen-bond donors (Lipinski definition) is 2.